The lowest BCUT2D eigenvalue weighted by Crippen LogP contribution is -2.58. The van der Waals surface area contributed by atoms with Gasteiger partial charge in [0.25, 0.3) is 0 Å². The molecule has 1 aromatic rings. The third kappa shape index (κ3) is 2.61. The maximum atomic E-state index is 12.5. The summed E-state index contributed by atoms with van der Waals surface area (Å²) in [6, 6.07) is -1.25. The number of ether oxygens (including phenoxy) is 1. The number of nitrogens with zero attached hydrogens (tertiary/aromatic N) is 1. The molecule has 22 heavy (non-hydrogen) atoms. The van der Waals surface area contributed by atoms with Crippen molar-refractivity contribution in [2.24, 2.45) is 17.6 Å². The molecule has 3 rings (SSSR count). The molecule has 1 amide bonds. The number of rotatable bonds is 2. The molecule has 0 radical (unpaired) electrons. The highest BCUT2D eigenvalue weighted by Crippen LogP contribution is 2.44. The van der Waals surface area contributed by atoms with Crippen LogP contribution in [0.5, 0.6) is 0 Å². The Morgan fingerprint density at radius 1 is 1.41 bits per heavy atom. The van der Waals surface area contributed by atoms with Crippen LogP contribution in [-0.2, 0) is 16.1 Å². The maximum Gasteiger partial charge on any atom is 0.393 e. The topological polar surface area (TPSA) is 94.3 Å². The van der Waals surface area contributed by atoms with E-state index >= 15 is 0 Å². The zero-order chi connectivity index (χ0) is 16.1. The van der Waals surface area contributed by atoms with Gasteiger partial charge in [-0.05, 0) is 6.42 Å². The number of thiazole rings is 1. The first kappa shape index (κ1) is 15.4. The van der Waals surface area contributed by atoms with Gasteiger partial charge in [0.15, 0.2) is 10.9 Å². The van der Waals surface area contributed by atoms with Gasteiger partial charge in [0.05, 0.1) is 24.1 Å². The van der Waals surface area contributed by atoms with E-state index < -0.39 is 30.0 Å². The van der Waals surface area contributed by atoms with Crippen LogP contribution in [0.4, 0.5) is 18.3 Å². The number of Topliss-reactive ketones (excluding diaryl/α,β-unsaturated/α-hetero) is 1. The molecule has 0 saturated heterocycles. The summed E-state index contributed by atoms with van der Waals surface area (Å²) in [7, 11) is 0. The minimum atomic E-state index is -4.39. The summed E-state index contributed by atoms with van der Waals surface area (Å²) >= 11 is 0.996. The van der Waals surface area contributed by atoms with E-state index in [2.05, 4.69) is 10.3 Å². The Labute approximate surface area is 126 Å². The number of anilines is 1. The van der Waals surface area contributed by atoms with Gasteiger partial charge in [-0.2, -0.15) is 13.2 Å². The van der Waals surface area contributed by atoms with E-state index in [9.17, 15) is 22.8 Å². The Morgan fingerprint density at radius 2 is 2.14 bits per heavy atom. The van der Waals surface area contributed by atoms with Crippen molar-refractivity contribution in [2.75, 3.05) is 11.9 Å². The summed E-state index contributed by atoms with van der Waals surface area (Å²) in [6.07, 6.45) is -4.72. The van der Waals surface area contributed by atoms with E-state index in [0.29, 0.717) is 10.6 Å². The second-order valence-electron chi connectivity index (χ2n) is 5.27. The second kappa shape index (κ2) is 5.28. The summed E-state index contributed by atoms with van der Waals surface area (Å²) in [5.74, 6) is -3.38. The molecule has 6 nitrogen and oxygen atoms in total. The number of hydrogen-bond acceptors (Lipinski definition) is 6. The highest BCUT2D eigenvalue weighted by Gasteiger charge is 2.56. The Balaban J connectivity index is 1.65. The summed E-state index contributed by atoms with van der Waals surface area (Å²) in [5.41, 5.74) is 5.89. The average Bonchev–Trinajstić information content (AvgIpc) is 2.79. The molecule has 0 aromatic carbocycles. The van der Waals surface area contributed by atoms with Crippen molar-refractivity contribution in [3.05, 3.63) is 10.6 Å². The average molecular weight is 335 g/mol. The molecular formula is C12H12F3N3O3S. The smallest absolute Gasteiger partial charge is 0.367 e. The second-order valence-corrected chi connectivity index (χ2v) is 6.27. The number of halogens is 3. The van der Waals surface area contributed by atoms with Gasteiger partial charge in [-0.15, -0.1) is 0 Å². The van der Waals surface area contributed by atoms with Crippen LogP contribution in [0.1, 0.15) is 21.8 Å². The van der Waals surface area contributed by atoms with E-state index in [1.807, 2.05) is 0 Å². The van der Waals surface area contributed by atoms with Crippen LogP contribution in [0.3, 0.4) is 0 Å². The maximum absolute atomic E-state index is 12.5. The molecule has 0 unspecified atom stereocenters. The van der Waals surface area contributed by atoms with Gasteiger partial charge < -0.3 is 15.8 Å². The number of fused-ring (bicyclic) bond motifs is 1. The SMILES string of the molecule is N[C@@H]1[C@@H](C(=O)Nc2nc3c(s2)C(=O)COC3)C[C@H]1C(F)(F)F. The lowest BCUT2D eigenvalue weighted by molar-refractivity contribution is -0.210. The van der Waals surface area contributed by atoms with E-state index in [1.165, 1.54) is 0 Å². The van der Waals surface area contributed by atoms with Crippen LogP contribution in [0.25, 0.3) is 0 Å². The van der Waals surface area contributed by atoms with Gasteiger partial charge >= 0.3 is 6.18 Å². The van der Waals surface area contributed by atoms with Crippen molar-refractivity contribution >= 4 is 28.2 Å². The predicted octanol–water partition coefficient (Wildman–Crippen LogP) is 1.32. The largest absolute Gasteiger partial charge is 0.393 e. The molecule has 3 atom stereocenters. The van der Waals surface area contributed by atoms with E-state index in [4.69, 9.17) is 10.5 Å². The van der Waals surface area contributed by atoms with Crippen LogP contribution in [0.2, 0.25) is 0 Å². The van der Waals surface area contributed by atoms with E-state index in [1.54, 1.807) is 0 Å². The fourth-order valence-corrected chi connectivity index (χ4v) is 3.43. The van der Waals surface area contributed by atoms with Crippen molar-refractivity contribution in [1.29, 1.82) is 0 Å². The molecule has 2 heterocycles. The predicted molar refractivity (Wildman–Crippen MR) is 70.4 cm³/mol. The molecule has 0 spiro atoms. The number of carbonyl (C=O) groups is 2. The van der Waals surface area contributed by atoms with Crippen molar-refractivity contribution in [3.8, 4) is 0 Å². The van der Waals surface area contributed by atoms with E-state index in [0.717, 1.165) is 11.3 Å². The van der Waals surface area contributed by atoms with Crippen molar-refractivity contribution in [1.82, 2.24) is 4.98 Å². The van der Waals surface area contributed by atoms with E-state index in [-0.39, 0.29) is 30.5 Å². The molecular weight excluding hydrogens is 323 g/mol. The van der Waals surface area contributed by atoms with Crippen LogP contribution in [-0.4, -0.2) is 35.5 Å². The zero-order valence-corrected chi connectivity index (χ0v) is 12.0. The monoisotopic (exact) mass is 335 g/mol. The molecule has 10 heteroatoms. The lowest BCUT2D eigenvalue weighted by atomic mass is 9.69. The fourth-order valence-electron chi connectivity index (χ4n) is 2.53. The number of nitrogens with two attached hydrogens (primary N) is 1. The molecule has 1 saturated carbocycles. The Morgan fingerprint density at radius 3 is 2.73 bits per heavy atom. The molecule has 1 aliphatic carbocycles. The van der Waals surface area contributed by atoms with Gasteiger partial charge in [-0.1, -0.05) is 11.3 Å². The third-order valence-corrected chi connectivity index (χ3v) is 4.90. The number of alkyl halides is 3. The molecule has 2 aliphatic rings. The van der Waals surface area contributed by atoms with Crippen LogP contribution >= 0.6 is 11.3 Å². The van der Waals surface area contributed by atoms with Gasteiger partial charge in [0, 0.05) is 6.04 Å². The zero-order valence-electron chi connectivity index (χ0n) is 11.1. The van der Waals surface area contributed by atoms with Crippen LogP contribution in [0, 0.1) is 11.8 Å². The number of hydrogen-bond donors (Lipinski definition) is 2. The minimum absolute atomic E-state index is 0.0384. The first-order valence-corrected chi connectivity index (χ1v) is 7.33. The first-order chi connectivity index (χ1) is 10.3. The van der Waals surface area contributed by atoms with Crippen LogP contribution < -0.4 is 11.1 Å². The van der Waals surface area contributed by atoms with Gasteiger partial charge in [-0.3, -0.25) is 9.59 Å². The number of carbonyl (C=O) groups excluding carboxylic acids is 2. The highest BCUT2D eigenvalue weighted by atomic mass is 32.1. The number of aromatic nitrogens is 1. The summed E-state index contributed by atoms with van der Waals surface area (Å²) < 4.78 is 42.6. The Hall–Kier alpha value is -1.52. The van der Waals surface area contributed by atoms with Crippen molar-refractivity contribution in [3.63, 3.8) is 0 Å². The molecule has 120 valence electrons. The minimum Gasteiger partial charge on any atom is -0.367 e. The standard InChI is InChI=1S/C12H12F3N3O3S/c13-12(14,15)5-1-4(8(5)16)10(20)18-11-17-6-2-21-3-7(19)9(6)22-11/h4-5,8H,1-3,16H2,(H,17,18,20)/t4-,5+,8+/m0/s1. The van der Waals surface area contributed by atoms with Crippen molar-refractivity contribution < 1.29 is 27.5 Å². The summed E-state index contributed by atoms with van der Waals surface area (Å²) in [4.78, 5) is 28.0. The third-order valence-electron chi connectivity index (χ3n) is 3.85. The van der Waals surface area contributed by atoms with Gasteiger partial charge in [0.1, 0.15) is 11.5 Å². The first-order valence-electron chi connectivity index (χ1n) is 6.51. The Bertz CT molecular complexity index is 631. The van der Waals surface area contributed by atoms with Gasteiger partial charge in [-0.25, -0.2) is 4.98 Å². The number of nitrogens with one attached hydrogen (secondary N) is 1. The normalized spacial score (nSPS) is 28.0. The molecule has 1 aliphatic heterocycles. The van der Waals surface area contributed by atoms with Crippen molar-refractivity contribution in [2.45, 2.75) is 25.2 Å². The summed E-state index contributed by atoms with van der Waals surface area (Å²) in [6.45, 7) is 0.135. The van der Waals surface area contributed by atoms with Crippen LogP contribution in [0.15, 0.2) is 0 Å². The van der Waals surface area contributed by atoms with Gasteiger partial charge in [0.2, 0.25) is 5.91 Å². The molecule has 1 fully saturated rings. The molecule has 1 aromatic heterocycles. The summed E-state index contributed by atoms with van der Waals surface area (Å²) in [5, 5.41) is 2.61. The molecule has 0 bridgehead atoms. The highest BCUT2D eigenvalue weighted by molar-refractivity contribution is 7.17. The number of amides is 1. The quantitative estimate of drug-likeness (QED) is 0.850. The number of ketones is 1. The fraction of sp³-hybridized carbons (Fsp3) is 0.583. The lowest BCUT2D eigenvalue weighted by Gasteiger charge is -2.41. The Kier molecular flexibility index (Phi) is 3.69. The molecule has 3 N–H and O–H groups in total.